The van der Waals surface area contributed by atoms with E-state index in [4.69, 9.17) is 9.47 Å². The summed E-state index contributed by atoms with van der Waals surface area (Å²) in [6, 6.07) is 0.499. The zero-order valence-electron chi connectivity index (χ0n) is 10.1. The van der Waals surface area contributed by atoms with Gasteiger partial charge in [0.15, 0.2) is 0 Å². The Morgan fingerprint density at radius 1 is 1.53 bits per heavy atom. The Morgan fingerprint density at radius 2 is 2.40 bits per heavy atom. The van der Waals surface area contributed by atoms with Crippen LogP contribution < -0.4 is 5.32 Å². The first-order chi connectivity index (χ1) is 7.36. The van der Waals surface area contributed by atoms with E-state index in [0.717, 1.165) is 19.8 Å². The Hall–Kier alpha value is -0.120. The summed E-state index contributed by atoms with van der Waals surface area (Å²) in [5.41, 5.74) is 0. The van der Waals surface area contributed by atoms with Crippen molar-refractivity contribution in [3.63, 3.8) is 0 Å². The summed E-state index contributed by atoms with van der Waals surface area (Å²) < 4.78 is 10.8. The Bertz CT molecular complexity index is 147. The maximum Gasteiger partial charge on any atom is 0.0615 e. The molecule has 1 N–H and O–H groups in total. The normalized spacial score (nSPS) is 23.2. The van der Waals surface area contributed by atoms with Crippen LogP contribution in [0.2, 0.25) is 0 Å². The summed E-state index contributed by atoms with van der Waals surface area (Å²) in [7, 11) is 1.77. The predicted molar refractivity (Wildman–Crippen MR) is 62.2 cm³/mol. The first-order valence-corrected chi connectivity index (χ1v) is 6.20. The minimum absolute atomic E-state index is 0.499. The number of ether oxygens (including phenoxy) is 2. The molecule has 1 fully saturated rings. The molecule has 1 rings (SSSR count). The molecule has 2 atom stereocenters. The van der Waals surface area contributed by atoms with Gasteiger partial charge in [-0.15, -0.1) is 0 Å². The summed E-state index contributed by atoms with van der Waals surface area (Å²) in [4.78, 5) is 0. The van der Waals surface area contributed by atoms with E-state index in [-0.39, 0.29) is 0 Å². The van der Waals surface area contributed by atoms with Crippen molar-refractivity contribution in [3.8, 4) is 0 Å². The first kappa shape index (κ1) is 12.9. The molecule has 1 aliphatic heterocycles. The quantitative estimate of drug-likeness (QED) is 0.671. The van der Waals surface area contributed by atoms with Crippen molar-refractivity contribution in [1.82, 2.24) is 5.32 Å². The minimum Gasteiger partial charge on any atom is -0.383 e. The van der Waals surface area contributed by atoms with Crippen LogP contribution in [-0.4, -0.2) is 39.0 Å². The molecule has 1 aliphatic rings. The molecule has 15 heavy (non-hydrogen) atoms. The molecule has 2 unspecified atom stereocenters. The molecule has 0 amide bonds. The number of nitrogens with one attached hydrogen (secondary N) is 1. The molecular weight excluding hydrogens is 190 g/mol. The molecule has 0 aliphatic carbocycles. The van der Waals surface area contributed by atoms with E-state index in [1.807, 2.05) is 0 Å². The third-order valence-electron chi connectivity index (χ3n) is 2.91. The fourth-order valence-corrected chi connectivity index (χ4v) is 2.05. The van der Waals surface area contributed by atoms with Crippen LogP contribution in [0.25, 0.3) is 0 Å². The third kappa shape index (κ3) is 5.50. The Morgan fingerprint density at radius 3 is 3.00 bits per heavy atom. The van der Waals surface area contributed by atoms with Gasteiger partial charge in [-0.25, -0.2) is 0 Å². The van der Waals surface area contributed by atoms with E-state index >= 15 is 0 Å². The highest BCUT2D eigenvalue weighted by atomic mass is 16.5. The van der Waals surface area contributed by atoms with E-state index in [0.29, 0.717) is 12.1 Å². The Kier molecular flexibility index (Phi) is 6.98. The van der Waals surface area contributed by atoms with Crippen LogP contribution in [-0.2, 0) is 9.47 Å². The Balaban J connectivity index is 2.11. The van der Waals surface area contributed by atoms with Crippen molar-refractivity contribution >= 4 is 0 Å². The fraction of sp³-hybridized carbons (Fsp3) is 1.00. The smallest absolute Gasteiger partial charge is 0.0615 e. The van der Waals surface area contributed by atoms with Crippen LogP contribution in [0, 0.1) is 0 Å². The summed E-state index contributed by atoms with van der Waals surface area (Å²) in [6.07, 6.45) is 6.51. The second kappa shape index (κ2) is 8.08. The van der Waals surface area contributed by atoms with Gasteiger partial charge in [0.1, 0.15) is 0 Å². The lowest BCUT2D eigenvalue weighted by Crippen LogP contribution is -2.34. The van der Waals surface area contributed by atoms with Crippen LogP contribution in [0.5, 0.6) is 0 Å². The fourth-order valence-electron chi connectivity index (χ4n) is 2.05. The second-order valence-corrected chi connectivity index (χ2v) is 4.32. The average molecular weight is 215 g/mol. The van der Waals surface area contributed by atoms with Gasteiger partial charge in [0.25, 0.3) is 0 Å². The standard InChI is InChI=1S/C12H25NO2/c1-3-8-13-11(10-14-2)6-7-12-5-4-9-15-12/h11-13H,3-10H2,1-2H3. The number of hydrogen-bond acceptors (Lipinski definition) is 3. The van der Waals surface area contributed by atoms with Gasteiger partial charge in [-0.3, -0.25) is 0 Å². The highest BCUT2D eigenvalue weighted by Crippen LogP contribution is 2.17. The molecule has 0 aromatic rings. The molecule has 1 heterocycles. The highest BCUT2D eigenvalue weighted by Gasteiger charge is 2.17. The van der Waals surface area contributed by atoms with Crippen molar-refractivity contribution in [2.24, 2.45) is 0 Å². The largest absolute Gasteiger partial charge is 0.383 e. The van der Waals surface area contributed by atoms with E-state index < -0.39 is 0 Å². The lowest BCUT2D eigenvalue weighted by Gasteiger charge is -2.19. The van der Waals surface area contributed by atoms with Gasteiger partial charge in [0.2, 0.25) is 0 Å². The lowest BCUT2D eigenvalue weighted by atomic mass is 10.1. The van der Waals surface area contributed by atoms with Crippen molar-refractivity contribution in [2.45, 2.75) is 51.2 Å². The molecule has 1 saturated heterocycles. The molecule has 0 aromatic heterocycles. The summed E-state index contributed by atoms with van der Waals surface area (Å²) in [5, 5.41) is 3.51. The van der Waals surface area contributed by atoms with Gasteiger partial charge >= 0.3 is 0 Å². The van der Waals surface area contributed by atoms with Crippen molar-refractivity contribution in [2.75, 3.05) is 26.9 Å². The molecule has 3 heteroatoms. The minimum atomic E-state index is 0.499. The molecule has 0 saturated carbocycles. The van der Waals surface area contributed by atoms with Crippen molar-refractivity contribution in [3.05, 3.63) is 0 Å². The van der Waals surface area contributed by atoms with E-state index in [1.165, 1.54) is 32.1 Å². The van der Waals surface area contributed by atoms with E-state index in [9.17, 15) is 0 Å². The zero-order chi connectivity index (χ0) is 10.9. The van der Waals surface area contributed by atoms with Gasteiger partial charge in [0, 0.05) is 19.8 Å². The van der Waals surface area contributed by atoms with E-state index in [2.05, 4.69) is 12.2 Å². The predicted octanol–water partition coefficient (Wildman–Crippen LogP) is 1.96. The average Bonchev–Trinajstić information content (AvgIpc) is 2.75. The SMILES string of the molecule is CCCNC(CCC1CCCO1)COC. The van der Waals surface area contributed by atoms with Crippen LogP contribution in [0.1, 0.15) is 39.0 Å². The van der Waals surface area contributed by atoms with Gasteiger partial charge in [-0.05, 0) is 38.6 Å². The topological polar surface area (TPSA) is 30.5 Å². The summed E-state index contributed by atoms with van der Waals surface area (Å²) in [6.45, 7) is 5.05. The first-order valence-electron chi connectivity index (χ1n) is 6.20. The summed E-state index contributed by atoms with van der Waals surface area (Å²) in [5.74, 6) is 0. The van der Waals surface area contributed by atoms with Gasteiger partial charge < -0.3 is 14.8 Å². The number of rotatable bonds is 8. The van der Waals surface area contributed by atoms with Gasteiger partial charge in [0.05, 0.1) is 12.7 Å². The molecule has 0 spiro atoms. The molecule has 3 nitrogen and oxygen atoms in total. The molecule has 0 aromatic carbocycles. The maximum atomic E-state index is 5.62. The van der Waals surface area contributed by atoms with Crippen LogP contribution in [0.3, 0.4) is 0 Å². The monoisotopic (exact) mass is 215 g/mol. The molecular formula is C12H25NO2. The zero-order valence-corrected chi connectivity index (χ0v) is 10.1. The second-order valence-electron chi connectivity index (χ2n) is 4.32. The molecule has 90 valence electrons. The van der Waals surface area contributed by atoms with Crippen molar-refractivity contribution < 1.29 is 9.47 Å². The molecule has 0 radical (unpaired) electrons. The number of hydrogen-bond donors (Lipinski definition) is 1. The van der Waals surface area contributed by atoms with Gasteiger partial charge in [-0.2, -0.15) is 0 Å². The van der Waals surface area contributed by atoms with Crippen LogP contribution in [0.4, 0.5) is 0 Å². The third-order valence-corrected chi connectivity index (χ3v) is 2.91. The van der Waals surface area contributed by atoms with Crippen LogP contribution in [0.15, 0.2) is 0 Å². The Labute approximate surface area is 93.5 Å². The lowest BCUT2D eigenvalue weighted by molar-refractivity contribution is 0.0926. The maximum absolute atomic E-state index is 5.62. The van der Waals surface area contributed by atoms with Crippen LogP contribution >= 0.6 is 0 Å². The summed E-state index contributed by atoms with van der Waals surface area (Å²) >= 11 is 0. The highest BCUT2D eigenvalue weighted by molar-refractivity contribution is 4.71. The van der Waals surface area contributed by atoms with Gasteiger partial charge in [-0.1, -0.05) is 6.92 Å². The van der Waals surface area contributed by atoms with Crippen molar-refractivity contribution in [1.29, 1.82) is 0 Å². The number of methoxy groups -OCH3 is 1. The van der Waals surface area contributed by atoms with E-state index in [1.54, 1.807) is 7.11 Å². The molecule has 0 bridgehead atoms.